The molecule has 0 aliphatic carbocycles. The van der Waals surface area contributed by atoms with Gasteiger partial charge in [0.2, 0.25) is 0 Å². The Hall–Kier alpha value is -0.740. The summed E-state index contributed by atoms with van der Waals surface area (Å²) in [6, 6.07) is 0. The van der Waals surface area contributed by atoms with Gasteiger partial charge in [0.25, 0.3) is 0 Å². The Morgan fingerprint density at radius 1 is 1.47 bits per heavy atom. The molecule has 0 fully saturated rings. The van der Waals surface area contributed by atoms with Crippen molar-refractivity contribution >= 4 is 12.0 Å². The fourth-order valence-electron chi connectivity index (χ4n) is 2.42. The maximum Gasteiger partial charge on any atom is 0.171 e. The van der Waals surface area contributed by atoms with E-state index in [1.54, 1.807) is 0 Å². The number of carbonyl (C=O) groups is 1. The van der Waals surface area contributed by atoms with Crippen molar-refractivity contribution < 1.29 is 9.90 Å². The molecule has 0 amide bonds. The smallest absolute Gasteiger partial charge is 0.171 e. The number of nitrogens with zero attached hydrogens (tertiary/aromatic N) is 1. The fourth-order valence-corrected chi connectivity index (χ4v) is 2.42. The Kier molecular flexibility index (Phi) is 5.78. The molecular weight excluding hydrogens is 216 g/mol. The summed E-state index contributed by atoms with van der Waals surface area (Å²) in [6.07, 6.45) is 8.21. The van der Waals surface area contributed by atoms with Crippen molar-refractivity contribution in [2.45, 2.75) is 57.6 Å². The van der Waals surface area contributed by atoms with E-state index in [1.807, 2.05) is 0 Å². The van der Waals surface area contributed by atoms with Gasteiger partial charge in [0.1, 0.15) is 0 Å². The van der Waals surface area contributed by atoms with E-state index in [1.165, 1.54) is 25.7 Å². The second kappa shape index (κ2) is 6.87. The molecule has 1 heterocycles. The van der Waals surface area contributed by atoms with Gasteiger partial charge < -0.3 is 10.8 Å². The second-order valence-electron chi connectivity index (χ2n) is 4.91. The van der Waals surface area contributed by atoms with Crippen LogP contribution in [-0.4, -0.2) is 29.4 Å². The van der Waals surface area contributed by atoms with E-state index in [0.717, 1.165) is 19.1 Å². The van der Waals surface area contributed by atoms with Crippen molar-refractivity contribution in [2.75, 3.05) is 6.54 Å². The lowest BCUT2D eigenvalue weighted by Crippen LogP contribution is -2.40. The third-order valence-electron chi connectivity index (χ3n) is 3.54. The number of aliphatic imine (C=N–C) groups is 1. The van der Waals surface area contributed by atoms with Crippen molar-refractivity contribution in [2.24, 2.45) is 16.6 Å². The molecule has 98 valence electrons. The summed E-state index contributed by atoms with van der Waals surface area (Å²) < 4.78 is 0. The van der Waals surface area contributed by atoms with Crippen LogP contribution in [0.15, 0.2) is 4.99 Å². The minimum atomic E-state index is -1.19. The van der Waals surface area contributed by atoms with Crippen LogP contribution < -0.4 is 5.73 Å². The number of aliphatic hydroxyl groups is 1. The molecule has 4 nitrogen and oxygen atoms in total. The van der Waals surface area contributed by atoms with E-state index in [4.69, 9.17) is 5.73 Å². The first-order chi connectivity index (χ1) is 8.16. The Morgan fingerprint density at radius 3 is 2.76 bits per heavy atom. The third-order valence-corrected chi connectivity index (χ3v) is 3.54. The van der Waals surface area contributed by atoms with E-state index < -0.39 is 5.72 Å². The fraction of sp³-hybridized carbons (Fsp3) is 0.846. The van der Waals surface area contributed by atoms with Gasteiger partial charge in [-0.25, -0.2) is 0 Å². The lowest BCUT2D eigenvalue weighted by atomic mass is 9.89. The van der Waals surface area contributed by atoms with Crippen LogP contribution in [0.2, 0.25) is 0 Å². The maximum atomic E-state index is 10.7. The Bertz CT molecular complexity index is 279. The summed E-state index contributed by atoms with van der Waals surface area (Å²) in [4.78, 5) is 14.7. The molecule has 0 aromatic carbocycles. The number of unbranched alkanes of at least 4 members (excludes halogenated alkanes) is 4. The maximum absolute atomic E-state index is 10.7. The van der Waals surface area contributed by atoms with Gasteiger partial charge in [-0.05, 0) is 6.42 Å². The highest BCUT2D eigenvalue weighted by molar-refractivity contribution is 6.29. The van der Waals surface area contributed by atoms with E-state index in [0.29, 0.717) is 12.1 Å². The average molecular weight is 240 g/mol. The van der Waals surface area contributed by atoms with Crippen LogP contribution in [-0.2, 0) is 4.79 Å². The first-order valence-corrected chi connectivity index (χ1v) is 6.62. The van der Waals surface area contributed by atoms with Crippen molar-refractivity contribution in [3.8, 4) is 0 Å². The topological polar surface area (TPSA) is 75.7 Å². The van der Waals surface area contributed by atoms with E-state index in [9.17, 15) is 9.90 Å². The number of hydrogen-bond acceptors (Lipinski definition) is 4. The van der Waals surface area contributed by atoms with Crippen molar-refractivity contribution in [3.05, 3.63) is 0 Å². The largest absolute Gasteiger partial charge is 0.368 e. The van der Waals surface area contributed by atoms with Crippen LogP contribution in [0.25, 0.3) is 0 Å². The van der Waals surface area contributed by atoms with Crippen molar-refractivity contribution in [1.29, 1.82) is 0 Å². The molecule has 1 aliphatic rings. The van der Waals surface area contributed by atoms with Gasteiger partial charge in [-0.15, -0.1) is 0 Å². The molecule has 0 bridgehead atoms. The summed E-state index contributed by atoms with van der Waals surface area (Å²) in [7, 11) is 0. The quantitative estimate of drug-likeness (QED) is 0.500. The number of carbonyl (C=O) groups excluding carboxylic acids is 1. The third kappa shape index (κ3) is 3.89. The van der Waals surface area contributed by atoms with E-state index in [-0.39, 0.29) is 12.5 Å². The summed E-state index contributed by atoms with van der Waals surface area (Å²) in [5.74, 6) is 0.0225. The van der Waals surface area contributed by atoms with Crippen LogP contribution in [0.1, 0.15) is 51.9 Å². The zero-order valence-electron chi connectivity index (χ0n) is 10.7. The molecule has 1 aliphatic heterocycles. The number of nitrogens with two attached hydrogens (primary N) is 1. The molecule has 0 spiro atoms. The molecule has 3 N–H and O–H groups in total. The minimum absolute atomic E-state index is 0.0225. The van der Waals surface area contributed by atoms with Gasteiger partial charge in [0, 0.05) is 18.9 Å². The molecule has 2 unspecified atom stereocenters. The summed E-state index contributed by atoms with van der Waals surface area (Å²) >= 11 is 0. The van der Waals surface area contributed by atoms with Crippen molar-refractivity contribution in [1.82, 2.24) is 0 Å². The molecule has 1 rings (SSSR count). The molecule has 2 atom stereocenters. The van der Waals surface area contributed by atoms with Gasteiger partial charge in [0.15, 0.2) is 12.0 Å². The monoisotopic (exact) mass is 240 g/mol. The van der Waals surface area contributed by atoms with Gasteiger partial charge >= 0.3 is 0 Å². The highest BCUT2D eigenvalue weighted by Crippen LogP contribution is 2.33. The summed E-state index contributed by atoms with van der Waals surface area (Å²) in [6.45, 7) is 2.29. The van der Waals surface area contributed by atoms with Gasteiger partial charge in [-0.1, -0.05) is 39.0 Å². The van der Waals surface area contributed by atoms with E-state index in [2.05, 4.69) is 11.9 Å². The predicted molar refractivity (Wildman–Crippen MR) is 69.0 cm³/mol. The highest BCUT2D eigenvalue weighted by atomic mass is 16.3. The first kappa shape index (κ1) is 14.3. The second-order valence-corrected chi connectivity index (χ2v) is 4.91. The highest BCUT2D eigenvalue weighted by Gasteiger charge is 2.40. The Labute approximate surface area is 103 Å². The Balaban J connectivity index is 2.36. The molecule has 4 heteroatoms. The lowest BCUT2D eigenvalue weighted by Gasteiger charge is -2.26. The molecule has 0 saturated heterocycles. The summed E-state index contributed by atoms with van der Waals surface area (Å²) in [5.41, 5.74) is 4.82. The first-order valence-electron chi connectivity index (χ1n) is 6.62. The van der Waals surface area contributed by atoms with Crippen LogP contribution in [0.3, 0.4) is 0 Å². The predicted octanol–water partition coefficient (Wildman–Crippen LogP) is 1.65. The zero-order chi connectivity index (χ0) is 12.7. The number of hydrogen-bond donors (Lipinski definition) is 2. The molecule has 0 saturated carbocycles. The molecular formula is C13H24N2O2. The zero-order valence-corrected chi connectivity index (χ0v) is 10.7. The molecule has 17 heavy (non-hydrogen) atoms. The molecule has 0 aromatic rings. The van der Waals surface area contributed by atoms with Gasteiger partial charge in [0.05, 0.1) is 5.71 Å². The Morgan fingerprint density at radius 2 is 2.18 bits per heavy atom. The SMILES string of the molecule is CCCCCCCC1CC(C=O)=NC1(O)CN. The van der Waals surface area contributed by atoms with Gasteiger partial charge in [-0.2, -0.15) is 0 Å². The van der Waals surface area contributed by atoms with Crippen LogP contribution in [0.4, 0.5) is 0 Å². The molecule has 0 aromatic heterocycles. The van der Waals surface area contributed by atoms with Crippen LogP contribution in [0.5, 0.6) is 0 Å². The standard InChI is InChI=1S/C13H24N2O2/c1-2-3-4-5-6-7-11-8-12(9-16)15-13(11,17)10-14/h9,11,17H,2-8,10,14H2,1H3. The number of rotatable bonds is 8. The lowest BCUT2D eigenvalue weighted by molar-refractivity contribution is -0.102. The molecule has 0 radical (unpaired) electrons. The average Bonchev–Trinajstić information content (AvgIpc) is 2.67. The number of aldehydes is 1. The van der Waals surface area contributed by atoms with Crippen LogP contribution >= 0.6 is 0 Å². The summed E-state index contributed by atoms with van der Waals surface area (Å²) in [5, 5.41) is 10.2. The van der Waals surface area contributed by atoms with Gasteiger partial charge in [-0.3, -0.25) is 9.79 Å². The minimum Gasteiger partial charge on any atom is -0.368 e. The van der Waals surface area contributed by atoms with Crippen molar-refractivity contribution in [3.63, 3.8) is 0 Å². The van der Waals surface area contributed by atoms with Crippen LogP contribution in [0, 0.1) is 5.92 Å². The van der Waals surface area contributed by atoms with E-state index >= 15 is 0 Å². The normalized spacial score (nSPS) is 28.2.